The molecule has 1 atom stereocenters. The van der Waals surface area contributed by atoms with Gasteiger partial charge in [0, 0.05) is 24.1 Å². The first kappa shape index (κ1) is 17.1. The van der Waals surface area contributed by atoms with Gasteiger partial charge < -0.3 is 15.6 Å². The van der Waals surface area contributed by atoms with Crippen LogP contribution in [-0.2, 0) is 6.61 Å². The summed E-state index contributed by atoms with van der Waals surface area (Å²) in [5.74, 6) is 0.267. The third-order valence-corrected chi connectivity index (χ3v) is 3.39. The van der Waals surface area contributed by atoms with Crippen molar-refractivity contribution in [3.05, 3.63) is 59.7 Å². The van der Waals surface area contributed by atoms with E-state index in [2.05, 4.69) is 0 Å². The summed E-state index contributed by atoms with van der Waals surface area (Å²) < 4.78 is 42.2. The second-order valence-corrected chi connectivity index (χ2v) is 5.26. The Morgan fingerprint density at radius 1 is 1.09 bits per heavy atom. The lowest BCUT2D eigenvalue weighted by Crippen LogP contribution is -2.16. The van der Waals surface area contributed by atoms with Crippen molar-refractivity contribution in [3.63, 3.8) is 0 Å². The zero-order valence-corrected chi connectivity index (χ0v) is 12.4. The summed E-state index contributed by atoms with van der Waals surface area (Å²) in [6.45, 7) is 0.333. The molecule has 0 spiro atoms. The number of alkyl halides is 3. The molecule has 0 aliphatic carbocycles. The van der Waals surface area contributed by atoms with E-state index in [0.29, 0.717) is 12.4 Å². The van der Waals surface area contributed by atoms with Crippen molar-refractivity contribution >= 4 is 0 Å². The summed E-state index contributed by atoms with van der Waals surface area (Å²) in [6.07, 6.45) is -5.52. The smallest absolute Gasteiger partial charge is 0.389 e. The number of halogens is 3. The van der Waals surface area contributed by atoms with E-state index in [4.69, 9.17) is 10.5 Å². The van der Waals surface area contributed by atoms with Crippen molar-refractivity contribution in [1.82, 2.24) is 0 Å². The number of benzene rings is 2. The van der Waals surface area contributed by atoms with Gasteiger partial charge in [-0.3, -0.25) is 0 Å². The minimum atomic E-state index is -4.26. The zero-order chi connectivity index (χ0) is 16.9. The highest BCUT2D eigenvalue weighted by molar-refractivity contribution is 5.41. The topological polar surface area (TPSA) is 55.5 Å². The molecule has 0 amide bonds. The quantitative estimate of drug-likeness (QED) is 0.832. The second kappa shape index (κ2) is 7.37. The van der Waals surface area contributed by atoms with Crippen LogP contribution in [-0.4, -0.2) is 11.3 Å². The van der Waals surface area contributed by atoms with Gasteiger partial charge >= 0.3 is 6.18 Å². The monoisotopic (exact) mass is 325 g/mol. The Morgan fingerprint density at radius 3 is 2.39 bits per heavy atom. The predicted molar refractivity (Wildman–Crippen MR) is 81.1 cm³/mol. The molecular weight excluding hydrogens is 307 g/mol. The maximum atomic E-state index is 12.2. The van der Waals surface area contributed by atoms with Crippen LogP contribution in [0.4, 0.5) is 13.2 Å². The van der Waals surface area contributed by atoms with Gasteiger partial charge in [-0.2, -0.15) is 13.2 Å². The fourth-order valence-corrected chi connectivity index (χ4v) is 2.14. The first-order chi connectivity index (χ1) is 10.8. The van der Waals surface area contributed by atoms with Crippen LogP contribution in [0, 0.1) is 0 Å². The normalized spacial score (nSPS) is 12.9. The van der Waals surface area contributed by atoms with Crippen molar-refractivity contribution in [2.75, 3.05) is 0 Å². The molecule has 124 valence electrons. The molecule has 0 aromatic heterocycles. The third-order valence-electron chi connectivity index (χ3n) is 3.39. The van der Waals surface area contributed by atoms with Gasteiger partial charge in [-0.05, 0) is 18.1 Å². The van der Waals surface area contributed by atoms with E-state index in [1.54, 1.807) is 6.07 Å². The number of aromatic hydroxyl groups is 1. The number of hydrogen-bond donors (Lipinski definition) is 2. The number of phenolic OH excluding ortho intramolecular Hbond substituents is 1. The predicted octanol–water partition coefficient (Wildman–Crippen LogP) is 4.31. The van der Waals surface area contributed by atoms with E-state index in [9.17, 15) is 18.3 Å². The molecule has 0 heterocycles. The van der Waals surface area contributed by atoms with Gasteiger partial charge in [0.25, 0.3) is 0 Å². The highest BCUT2D eigenvalue weighted by Gasteiger charge is 2.28. The maximum Gasteiger partial charge on any atom is 0.389 e. The van der Waals surface area contributed by atoms with Crippen LogP contribution in [0.15, 0.2) is 48.5 Å². The summed E-state index contributed by atoms with van der Waals surface area (Å²) in [5, 5.41) is 9.95. The second-order valence-electron chi connectivity index (χ2n) is 5.26. The number of phenols is 1. The van der Waals surface area contributed by atoms with E-state index in [1.165, 1.54) is 12.1 Å². The summed E-state index contributed by atoms with van der Waals surface area (Å²) in [5.41, 5.74) is 6.97. The van der Waals surface area contributed by atoms with Gasteiger partial charge in [-0.25, -0.2) is 0 Å². The Hall–Kier alpha value is -2.21. The van der Waals surface area contributed by atoms with Crippen LogP contribution in [0.25, 0.3) is 0 Å². The SMILES string of the molecule is N[C@@H](CCC(F)(F)F)c1ccc(OCc2ccccc2)cc1O. The molecule has 0 aliphatic heterocycles. The fraction of sp³-hybridized carbons (Fsp3) is 0.294. The summed E-state index contributed by atoms with van der Waals surface area (Å²) in [6, 6.07) is 13.1. The molecule has 23 heavy (non-hydrogen) atoms. The average molecular weight is 325 g/mol. The number of nitrogens with two attached hydrogens (primary N) is 1. The first-order valence-electron chi connectivity index (χ1n) is 7.17. The molecule has 0 saturated heterocycles. The fourth-order valence-electron chi connectivity index (χ4n) is 2.14. The van der Waals surface area contributed by atoms with Crippen LogP contribution < -0.4 is 10.5 Å². The van der Waals surface area contributed by atoms with Crippen LogP contribution in [0.2, 0.25) is 0 Å². The molecule has 0 unspecified atom stereocenters. The van der Waals surface area contributed by atoms with Gasteiger partial charge in [-0.1, -0.05) is 36.4 Å². The Bertz CT molecular complexity index is 629. The molecular formula is C17H18F3NO2. The molecule has 0 saturated carbocycles. The zero-order valence-electron chi connectivity index (χ0n) is 12.4. The largest absolute Gasteiger partial charge is 0.507 e. The highest BCUT2D eigenvalue weighted by atomic mass is 19.4. The van der Waals surface area contributed by atoms with E-state index in [1.807, 2.05) is 30.3 Å². The summed E-state index contributed by atoms with van der Waals surface area (Å²) in [7, 11) is 0. The van der Waals surface area contributed by atoms with Crippen molar-refractivity contribution in [3.8, 4) is 11.5 Å². The standard InChI is InChI=1S/C17H18F3NO2/c18-17(19,20)9-8-15(21)14-7-6-13(10-16(14)22)23-11-12-4-2-1-3-5-12/h1-7,10,15,22H,8-9,11,21H2/t15-/m0/s1. The van der Waals surface area contributed by atoms with E-state index >= 15 is 0 Å². The minimum absolute atomic E-state index is 0.162. The molecule has 0 radical (unpaired) electrons. The molecule has 3 N–H and O–H groups in total. The Balaban J connectivity index is 1.97. The lowest BCUT2D eigenvalue weighted by molar-refractivity contribution is -0.136. The lowest BCUT2D eigenvalue weighted by Gasteiger charge is -2.16. The van der Waals surface area contributed by atoms with Crippen molar-refractivity contribution < 1.29 is 23.0 Å². The molecule has 0 fully saturated rings. The van der Waals surface area contributed by atoms with Gasteiger partial charge in [0.15, 0.2) is 0 Å². The number of rotatable bonds is 6. The molecule has 2 aromatic carbocycles. The molecule has 6 heteroatoms. The van der Waals surface area contributed by atoms with Crippen LogP contribution in [0.1, 0.15) is 30.0 Å². The molecule has 0 bridgehead atoms. The average Bonchev–Trinajstić information content (AvgIpc) is 2.51. The molecule has 2 aromatic rings. The van der Waals surface area contributed by atoms with Crippen molar-refractivity contribution in [2.24, 2.45) is 5.73 Å². The highest BCUT2D eigenvalue weighted by Crippen LogP contribution is 2.32. The van der Waals surface area contributed by atoms with Crippen molar-refractivity contribution in [1.29, 1.82) is 0 Å². The first-order valence-corrected chi connectivity index (χ1v) is 7.17. The van der Waals surface area contributed by atoms with Gasteiger partial charge in [-0.15, -0.1) is 0 Å². The van der Waals surface area contributed by atoms with Gasteiger partial charge in [0.1, 0.15) is 18.1 Å². The molecule has 2 rings (SSSR count). The molecule has 0 aliphatic rings. The third kappa shape index (κ3) is 5.49. The van der Waals surface area contributed by atoms with E-state index in [-0.39, 0.29) is 17.7 Å². The number of ether oxygens (including phenoxy) is 1. The van der Waals surface area contributed by atoms with Crippen molar-refractivity contribution in [2.45, 2.75) is 31.7 Å². The van der Waals surface area contributed by atoms with Crippen LogP contribution in [0.5, 0.6) is 11.5 Å². The lowest BCUT2D eigenvalue weighted by atomic mass is 10.0. The van der Waals surface area contributed by atoms with Gasteiger partial charge in [0.05, 0.1) is 0 Å². The molecule has 3 nitrogen and oxygen atoms in total. The van der Waals surface area contributed by atoms with Gasteiger partial charge in [0.2, 0.25) is 0 Å². The minimum Gasteiger partial charge on any atom is -0.507 e. The Labute approximate surface area is 132 Å². The van der Waals surface area contributed by atoms with Crippen LogP contribution >= 0.6 is 0 Å². The summed E-state index contributed by atoms with van der Waals surface area (Å²) in [4.78, 5) is 0. The Kier molecular flexibility index (Phi) is 5.50. The van der Waals surface area contributed by atoms with E-state index in [0.717, 1.165) is 5.56 Å². The maximum absolute atomic E-state index is 12.2. The van der Waals surface area contributed by atoms with Crippen LogP contribution in [0.3, 0.4) is 0 Å². The summed E-state index contributed by atoms with van der Waals surface area (Å²) >= 11 is 0. The number of hydrogen-bond acceptors (Lipinski definition) is 3. The Morgan fingerprint density at radius 2 is 1.78 bits per heavy atom. The van der Waals surface area contributed by atoms with E-state index < -0.39 is 18.6 Å².